The van der Waals surface area contributed by atoms with Crippen molar-refractivity contribution in [3.63, 3.8) is 0 Å². The SMILES string of the molecule is CCCc1c(C(=O)Nc2c(CC)cc(C(=O)OCC)cc2CC)c(=O)c(CC)c(C)n1C. The molecule has 0 aliphatic carbocycles. The summed E-state index contributed by atoms with van der Waals surface area (Å²) in [5.41, 5.74) is 5.19. The normalized spacial score (nSPS) is 10.8. The van der Waals surface area contributed by atoms with E-state index in [0.717, 1.165) is 28.9 Å². The molecule has 174 valence electrons. The fourth-order valence-corrected chi connectivity index (χ4v) is 4.19. The number of hydrogen-bond acceptors (Lipinski definition) is 4. The second-order valence-corrected chi connectivity index (χ2v) is 7.93. The van der Waals surface area contributed by atoms with Crippen LogP contribution in [0.1, 0.15) is 89.8 Å². The molecule has 1 aromatic heterocycles. The summed E-state index contributed by atoms with van der Waals surface area (Å²) in [6, 6.07) is 3.54. The Morgan fingerprint density at radius 2 is 1.59 bits per heavy atom. The quantitative estimate of drug-likeness (QED) is 0.570. The third-order valence-corrected chi connectivity index (χ3v) is 6.02. The van der Waals surface area contributed by atoms with Crippen LogP contribution in [0.2, 0.25) is 0 Å². The van der Waals surface area contributed by atoms with E-state index < -0.39 is 5.91 Å². The Hall–Kier alpha value is -2.89. The van der Waals surface area contributed by atoms with Crippen molar-refractivity contribution in [2.45, 2.75) is 73.6 Å². The minimum absolute atomic E-state index is 0.191. The number of aromatic nitrogens is 1. The minimum atomic E-state index is -0.392. The lowest BCUT2D eigenvalue weighted by atomic mass is 9.97. The first-order valence-corrected chi connectivity index (χ1v) is 11.6. The van der Waals surface area contributed by atoms with E-state index >= 15 is 0 Å². The van der Waals surface area contributed by atoms with E-state index in [-0.39, 0.29) is 17.0 Å². The second kappa shape index (κ2) is 11.1. The number of amides is 1. The molecule has 0 saturated heterocycles. The number of anilines is 1. The van der Waals surface area contributed by atoms with E-state index in [9.17, 15) is 14.4 Å². The van der Waals surface area contributed by atoms with E-state index in [1.54, 1.807) is 19.1 Å². The zero-order valence-electron chi connectivity index (χ0n) is 20.5. The van der Waals surface area contributed by atoms with Gasteiger partial charge >= 0.3 is 5.97 Å². The topological polar surface area (TPSA) is 77.4 Å². The molecule has 0 bridgehead atoms. The van der Waals surface area contributed by atoms with Gasteiger partial charge in [0.15, 0.2) is 5.43 Å². The lowest BCUT2D eigenvalue weighted by Crippen LogP contribution is -2.31. The molecule has 6 nitrogen and oxygen atoms in total. The molecular weight excluding hydrogens is 404 g/mol. The monoisotopic (exact) mass is 440 g/mol. The number of hydrogen-bond donors (Lipinski definition) is 1. The molecule has 0 spiro atoms. The predicted octanol–water partition coefficient (Wildman–Crippen LogP) is 4.76. The Balaban J connectivity index is 2.63. The maximum absolute atomic E-state index is 13.5. The maximum Gasteiger partial charge on any atom is 0.338 e. The van der Waals surface area contributed by atoms with Crippen LogP contribution in [0, 0.1) is 6.92 Å². The van der Waals surface area contributed by atoms with Gasteiger partial charge in [0, 0.05) is 29.7 Å². The van der Waals surface area contributed by atoms with Crippen molar-refractivity contribution in [1.82, 2.24) is 4.57 Å². The summed E-state index contributed by atoms with van der Waals surface area (Å²) in [6.45, 7) is 11.9. The molecule has 32 heavy (non-hydrogen) atoms. The summed E-state index contributed by atoms with van der Waals surface area (Å²) in [4.78, 5) is 39.1. The van der Waals surface area contributed by atoms with E-state index in [0.29, 0.717) is 49.1 Å². The fraction of sp³-hybridized carbons (Fsp3) is 0.500. The fourth-order valence-electron chi connectivity index (χ4n) is 4.19. The Kier molecular flexibility index (Phi) is 8.81. The molecule has 1 heterocycles. The van der Waals surface area contributed by atoms with Gasteiger partial charge in [0.2, 0.25) is 0 Å². The predicted molar refractivity (Wildman–Crippen MR) is 129 cm³/mol. The third kappa shape index (κ3) is 4.95. The highest BCUT2D eigenvalue weighted by Gasteiger charge is 2.24. The van der Waals surface area contributed by atoms with Gasteiger partial charge in [0.05, 0.1) is 12.2 Å². The number of carbonyl (C=O) groups is 2. The van der Waals surface area contributed by atoms with Crippen LogP contribution in [0.4, 0.5) is 5.69 Å². The number of carbonyl (C=O) groups excluding carboxylic acids is 2. The molecule has 1 N–H and O–H groups in total. The highest BCUT2D eigenvalue weighted by atomic mass is 16.5. The van der Waals surface area contributed by atoms with Crippen LogP contribution in [-0.4, -0.2) is 23.1 Å². The molecule has 0 aliphatic heterocycles. The first kappa shape index (κ1) is 25.4. The molecule has 0 saturated carbocycles. The van der Waals surface area contributed by atoms with Crippen LogP contribution in [0.3, 0.4) is 0 Å². The third-order valence-electron chi connectivity index (χ3n) is 6.02. The first-order chi connectivity index (χ1) is 15.2. The zero-order chi connectivity index (χ0) is 24.0. The van der Waals surface area contributed by atoms with Crippen molar-refractivity contribution in [1.29, 1.82) is 0 Å². The van der Waals surface area contributed by atoms with E-state index in [2.05, 4.69) is 5.32 Å². The highest BCUT2D eigenvalue weighted by Crippen LogP contribution is 2.27. The second-order valence-electron chi connectivity index (χ2n) is 7.93. The summed E-state index contributed by atoms with van der Waals surface area (Å²) < 4.78 is 7.13. The van der Waals surface area contributed by atoms with E-state index in [1.807, 2.05) is 46.2 Å². The Bertz CT molecular complexity index is 1040. The van der Waals surface area contributed by atoms with Gasteiger partial charge in [-0.2, -0.15) is 0 Å². The number of rotatable bonds is 9. The van der Waals surface area contributed by atoms with Crippen molar-refractivity contribution in [3.8, 4) is 0 Å². The summed E-state index contributed by atoms with van der Waals surface area (Å²) in [6.07, 6.45) is 3.29. The lowest BCUT2D eigenvalue weighted by molar-refractivity contribution is 0.0526. The largest absolute Gasteiger partial charge is 0.462 e. The first-order valence-electron chi connectivity index (χ1n) is 11.6. The summed E-state index contributed by atoms with van der Waals surface area (Å²) in [7, 11) is 1.92. The van der Waals surface area contributed by atoms with Crippen molar-refractivity contribution >= 4 is 17.6 Å². The zero-order valence-corrected chi connectivity index (χ0v) is 20.5. The number of ether oxygens (including phenoxy) is 1. The Morgan fingerprint density at radius 1 is 1.00 bits per heavy atom. The maximum atomic E-state index is 13.5. The van der Waals surface area contributed by atoms with Crippen LogP contribution in [0.15, 0.2) is 16.9 Å². The van der Waals surface area contributed by atoms with Gasteiger partial charge in [-0.1, -0.05) is 34.1 Å². The Labute approximate surface area is 191 Å². The number of esters is 1. The van der Waals surface area contributed by atoms with Crippen LogP contribution in [-0.2, 0) is 37.5 Å². The molecule has 0 radical (unpaired) electrons. The van der Waals surface area contributed by atoms with Crippen molar-refractivity contribution in [2.75, 3.05) is 11.9 Å². The van der Waals surface area contributed by atoms with Gasteiger partial charge in [-0.05, 0) is 62.8 Å². The van der Waals surface area contributed by atoms with Gasteiger partial charge < -0.3 is 14.6 Å². The van der Waals surface area contributed by atoms with Gasteiger partial charge in [-0.3, -0.25) is 9.59 Å². The molecule has 0 aliphatic rings. The average Bonchev–Trinajstić information content (AvgIpc) is 2.77. The lowest BCUT2D eigenvalue weighted by Gasteiger charge is -2.21. The van der Waals surface area contributed by atoms with Crippen LogP contribution >= 0.6 is 0 Å². The van der Waals surface area contributed by atoms with Crippen molar-refractivity contribution < 1.29 is 14.3 Å². The van der Waals surface area contributed by atoms with Crippen LogP contribution in [0.5, 0.6) is 0 Å². The van der Waals surface area contributed by atoms with Gasteiger partial charge in [-0.25, -0.2) is 4.79 Å². The van der Waals surface area contributed by atoms with Gasteiger partial charge in [0.1, 0.15) is 5.56 Å². The van der Waals surface area contributed by atoms with Crippen LogP contribution in [0.25, 0.3) is 0 Å². The molecule has 0 unspecified atom stereocenters. The molecule has 6 heteroatoms. The highest BCUT2D eigenvalue weighted by molar-refractivity contribution is 6.06. The van der Waals surface area contributed by atoms with Crippen LogP contribution < -0.4 is 10.7 Å². The number of nitrogens with one attached hydrogen (secondary N) is 1. The van der Waals surface area contributed by atoms with Gasteiger partial charge in [-0.15, -0.1) is 0 Å². The number of pyridine rings is 1. The molecule has 1 aromatic carbocycles. The van der Waals surface area contributed by atoms with Gasteiger partial charge in [0.25, 0.3) is 5.91 Å². The summed E-state index contributed by atoms with van der Waals surface area (Å²) in [5.74, 6) is -0.767. The number of benzene rings is 1. The number of nitrogens with zero attached hydrogens (tertiary/aromatic N) is 1. The minimum Gasteiger partial charge on any atom is -0.462 e. The smallest absolute Gasteiger partial charge is 0.338 e. The molecule has 0 atom stereocenters. The van der Waals surface area contributed by atoms with Crippen molar-refractivity contribution in [3.05, 3.63) is 61.6 Å². The summed E-state index contributed by atoms with van der Waals surface area (Å²) in [5, 5.41) is 3.03. The van der Waals surface area contributed by atoms with E-state index in [4.69, 9.17) is 4.74 Å². The standard InChI is InChI=1S/C26H36N2O4/c1-8-13-21-22(24(29)20(11-4)16(6)28(21)7)25(30)27-23-17(9-2)14-19(15-18(23)10-3)26(31)32-12-5/h14-15H,8-13H2,1-7H3,(H,27,30). The molecule has 0 fully saturated rings. The Morgan fingerprint density at radius 3 is 2.06 bits per heavy atom. The molecule has 2 rings (SSSR count). The van der Waals surface area contributed by atoms with E-state index in [1.165, 1.54) is 0 Å². The number of aryl methyl sites for hydroxylation is 2. The molecular formula is C26H36N2O4. The van der Waals surface area contributed by atoms with Crippen molar-refractivity contribution in [2.24, 2.45) is 7.05 Å². The average molecular weight is 441 g/mol. The molecule has 2 aromatic rings. The summed E-state index contributed by atoms with van der Waals surface area (Å²) >= 11 is 0. The molecule has 1 amide bonds.